The molecule has 0 heterocycles. The van der Waals surface area contributed by atoms with Crippen LogP contribution >= 0.6 is 11.8 Å². The highest BCUT2D eigenvalue weighted by Gasteiger charge is 2.06. The zero-order valence-electron chi connectivity index (χ0n) is 8.54. The lowest BCUT2D eigenvalue weighted by atomic mass is 10.0. The van der Waals surface area contributed by atoms with Gasteiger partial charge >= 0.3 is 0 Å². The summed E-state index contributed by atoms with van der Waals surface area (Å²) in [6, 6.07) is 5.91. The number of hydrogen-bond acceptors (Lipinski definition) is 3. The maximum absolute atomic E-state index is 11.3. The fourth-order valence-electron chi connectivity index (χ4n) is 1.40. The Bertz CT molecular complexity index is 336. The minimum atomic E-state index is 0.112. The molecule has 1 rings (SSSR count). The minimum absolute atomic E-state index is 0.112. The number of ketones is 1. The second-order valence-electron chi connectivity index (χ2n) is 3.12. The van der Waals surface area contributed by atoms with Crippen molar-refractivity contribution < 1.29 is 4.79 Å². The minimum Gasteiger partial charge on any atom is -0.330 e. The number of rotatable bonds is 4. The molecule has 2 nitrogen and oxygen atoms in total. The largest absolute Gasteiger partial charge is 0.330 e. The van der Waals surface area contributed by atoms with E-state index in [1.54, 1.807) is 18.7 Å². The lowest BCUT2D eigenvalue weighted by Gasteiger charge is -2.07. The van der Waals surface area contributed by atoms with Crippen LogP contribution in [0.2, 0.25) is 0 Å². The molecule has 0 saturated carbocycles. The van der Waals surface area contributed by atoms with Gasteiger partial charge in [-0.3, -0.25) is 4.79 Å². The van der Waals surface area contributed by atoms with Crippen molar-refractivity contribution >= 4 is 17.5 Å². The van der Waals surface area contributed by atoms with Gasteiger partial charge in [0.1, 0.15) is 0 Å². The van der Waals surface area contributed by atoms with Crippen LogP contribution in [0, 0.1) is 0 Å². The van der Waals surface area contributed by atoms with E-state index in [2.05, 4.69) is 0 Å². The van der Waals surface area contributed by atoms with Gasteiger partial charge in [0.15, 0.2) is 5.78 Å². The third-order valence-corrected chi connectivity index (χ3v) is 2.83. The van der Waals surface area contributed by atoms with Gasteiger partial charge in [-0.1, -0.05) is 6.07 Å². The molecule has 14 heavy (non-hydrogen) atoms. The Labute approximate surface area is 88.9 Å². The summed E-state index contributed by atoms with van der Waals surface area (Å²) >= 11 is 1.68. The molecule has 76 valence electrons. The summed E-state index contributed by atoms with van der Waals surface area (Å²) < 4.78 is 0. The molecule has 0 fully saturated rings. The van der Waals surface area contributed by atoms with E-state index >= 15 is 0 Å². The molecule has 0 aliphatic carbocycles. The number of carbonyl (C=O) groups is 1. The first-order chi connectivity index (χ1) is 6.69. The van der Waals surface area contributed by atoms with Crippen molar-refractivity contribution in [2.75, 3.05) is 12.8 Å². The summed E-state index contributed by atoms with van der Waals surface area (Å²) in [5.74, 6) is 0.112. The quantitative estimate of drug-likeness (QED) is 0.610. The summed E-state index contributed by atoms with van der Waals surface area (Å²) in [5.41, 5.74) is 7.36. The van der Waals surface area contributed by atoms with Gasteiger partial charge in [0, 0.05) is 10.5 Å². The smallest absolute Gasteiger partial charge is 0.160 e. The van der Waals surface area contributed by atoms with Crippen LogP contribution in [0.3, 0.4) is 0 Å². The zero-order chi connectivity index (χ0) is 10.6. The molecule has 2 N–H and O–H groups in total. The highest BCUT2D eigenvalue weighted by molar-refractivity contribution is 7.98. The van der Waals surface area contributed by atoms with Crippen LogP contribution in [0.1, 0.15) is 22.8 Å². The van der Waals surface area contributed by atoms with E-state index in [1.165, 1.54) is 4.90 Å². The Balaban J connectivity index is 3.10. The topological polar surface area (TPSA) is 43.1 Å². The zero-order valence-corrected chi connectivity index (χ0v) is 9.36. The first-order valence-electron chi connectivity index (χ1n) is 4.57. The standard InChI is InChI=1S/C11H15NOS/c1-8(13)11-4-3-10(14-2)7-9(11)5-6-12/h3-4,7H,5-6,12H2,1-2H3. The molecule has 0 bridgehead atoms. The van der Waals surface area contributed by atoms with Gasteiger partial charge in [0.2, 0.25) is 0 Å². The number of benzene rings is 1. The van der Waals surface area contributed by atoms with Crippen molar-refractivity contribution in [3.05, 3.63) is 29.3 Å². The summed E-state index contributed by atoms with van der Waals surface area (Å²) in [4.78, 5) is 12.5. The summed E-state index contributed by atoms with van der Waals surface area (Å²) in [5, 5.41) is 0. The van der Waals surface area contributed by atoms with Gasteiger partial charge < -0.3 is 5.73 Å². The molecule has 0 aliphatic rings. The molecule has 0 atom stereocenters. The van der Waals surface area contributed by atoms with E-state index in [4.69, 9.17) is 5.73 Å². The van der Waals surface area contributed by atoms with Crippen LogP contribution in [-0.2, 0) is 6.42 Å². The van der Waals surface area contributed by atoms with E-state index in [1.807, 2.05) is 24.5 Å². The van der Waals surface area contributed by atoms with Crippen molar-refractivity contribution in [2.45, 2.75) is 18.2 Å². The van der Waals surface area contributed by atoms with Gasteiger partial charge in [0.25, 0.3) is 0 Å². The van der Waals surface area contributed by atoms with Crippen LogP contribution in [0.5, 0.6) is 0 Å². The number of carbonyl (C=O) groups excluding carboxylic acids is 1. The molecule has 0 amide bonds. The third-order valence-electron chi connectivity index (χ3n) is 2.11. The van der Waals surface area contributed by atoms with Crippen molar-refractivity contribution in [1.82, 2.24) is 0 Å². The fraction of sp³-hybridized carbons (Fsp3) is 0.364. The first-order valence-corrected chi connectivity index (χ1v) is 5.79. The lowest BCUT2D eigenvalue weighted by molar-refractivity contribution is 0.101. The average Bonchev–Trinajstić information content (AvgIpc) is 2.17. The number of Topliss-reactive ketones (excluding diaryl/α,β-unsaturated/α-hetero) is 1. The number of nitrogens with two attached hydrogens (primary N) is 1. The molecule has 0 unspecified atom stereocenters. The molecule has 0 aromatic heterocycles. The number of thioether (sulfide) groups is 1. The van der Waals surface area contributed by atoms with Gasteiger partial charge in [0.05, 0.1) is 0 Å². The molecule has 0 aliphatic heterocycles. The van der Waals surface area contributed by atoms with E-state index in [-0.39, 0.29) is 5.78 Å². The molecular formula is C11H15NOS. The van der Waals surface area contributed by atoms with Crippen LogP contribution in [0.4, 0.5) is 0 Å². The maximum Gasteiger partial charge on any atom is 0.160 e. The molecule has 0 radical (unpaired) electrons. The molecule has 3 heteroatoms. The van der Waals surface area contributed by atoms with Crippen molar-refractivity contribution in [3.8, 4) is 0 Å². The van der Waals surface area contributed by atoms with Crippen molar-refractivity contribution in [3.63, 3.8) is 0 Å². The molecule has 0 spiro atoms. The third kappa shape index (κ3) is 2.59. The first kappa shape index (κ1) is 11.3. The van der Waals surface area contributed by atoms with Gasteiger partial charge in [-0.25, -0.2) is 0 Å². The van der Waals surface area contributed by atoms with Crippen molar-refractivity contribution in [1.29, 1.82) is 0 Å². The van der Waals surface area contributed by atoms with Crippen molar-refractivity contribution in [2.24, 2.45) is 5.73 Å². The monoisotopic (exact) mass is 209 g/mol. The van der Waals surface area contributed by atoms with E-state index < -0.39 is 0 Å². The predicted octanol–water partition coefficient (Wildman–Crippen LogP) is 2.11. The van der Waals surface area contributed by atoms with Gasteiger partial charge in [-0.15, -0.1) is 11.8 Å². The number of hydrogen-bond donors (Lipinski definition) is 1. The highest BCUT2D eigenvalue weighted by Crippen LogP contribution is 2.20. The highest BCUT2D eigenvalue weighted by atomic mass is 32.2. The van der Waals surface area contributed by atoms with Gasteiger partial charge in [-0.2, -0.15) is 0 Å². The summed E-state index contributed by atoms with van der Waals surface area (Å²) in [7, 11) is 0. The SMILES string of the molecule is CSc1ccc(C(C)=O)c(CCN)c1. The predicted molar refractivity (Wildman–Crippen MR) is 61.0 cm³/mol. The Morgan fingerprint density at radius 3 is 2.71 bits per heavy atom. The molecule has 0 saturated heterocycles. The van der Waals surface area contributed by atoms with Crippen LogP contribution in [0.15, 0.2) is 23.1 Å². The van der Waals surface area contributed by atoms with Crippen LogP contribution in [-0.4, -0.2) is 18.6 Å². The lowest BCUT2D eigenvalue weighted by Crippen LogP contribution is -2.07. The molecular weight excluding hydrogens is 194 g/mol. The van der Waals surface area contributed by atoms with E-state index in [9.17, 15) is 4.79 Å². The Kier molecular flexibility index (Phi) is 4.17. The Morgan fingerprint density at radius 1 is 1.50 bits per heavy atom. The Hall–Kier alpha value is -0.800. The Morgan fingerprint density at radius 2 is 2.21 bits per heavy atom. The average molecular weight is 209 g/mol. The normalized spacial score (nSPS) is 10.2. The second-order valence-corrected chi connectivity index (χ2v) is 4.00. The molecule has 1 aromatic rings. The summed E-state index contributed by atoms with van der Waals surface area (Å²) in [6.07, 6.45) is 2.79. The van der Waals surface area contributed by atoms with E-state index in [0.717, 1.165) is 17.5 Å². The van der Waals surface area contributed by atoms with Crippen LogP contribution < -0.4 is 5.73 Å². The van der Waals surface area contributed by atoms with E-state index in [0.29, 0.717) is 6.54 Å². The van der Waals surface area contributed by atoms with Crippen LogP contribution in [0.25, 0.3) is 0 Å². The molecule has 1 aromatic carbocycles. The second kappa shape index (κ2) is 5.17. The summed E-state index contributed by atoms with van der Waals surface area (Å²) in [6.45, 7) is 2.17. The maximum atomic E-state index is 11.3. The van der Waals surface area contributed by atoms with Gasteiger partial charge in [-0.05, 0) is 43.8 Å². The fourth-order valence-corrected chi connectivity index (χ4v) is 1.87.